The van der Waals surface area contributed by atoms with E-state index < -0.39 is 11.6 Å². The lowest BCUT2D eigenvalue weighted by Gasteiger charge is -2.27. The van der Waals surface area contributed by atoms with Gasteiger partial charge in [0.2, 0.25) is 0 Å². The molecule has 0 unspecified atom stereocenters. The fourth-order valence-corrected chi connectivity index (χ4v) is 1.88. The van der Waals surface area contributed by atoms with Gasteiger partial charge in [-0.2, -0.15) is 0 Å². The van der Waals surface area contributed by atoms with E-state index in [0.717, 1.165) is 0 Å². The second-order valence-electron chi connectivity index (χ2n) is 4.18. The smallest absolute Gasteiger partial charge is 0.337 e. The van der Waals surface area contributed by atoms with Gasteiger partial charge in [-0.15, -0.1) is 0 Å². The quantitative estimate of drug-likeness (QED) is 0.576. The number of ether oxygens (including phenoxy) is 2. The summed E-state index contributed by atoms with van der Waals surface area (Å²) in [5.74, 6) is -1.00. The summed E-state index contributed by atoms with van der Waals surface area (Å²) in [6.45, 7) is 1.33. The number of hydrogen-bond donors (Lipinski definition) is 1. The van der Waals surface area contributed by atoms with Gasteiger partial charge in [-0.3, -0.25) is 4.79 Å². The fourth-order valence-electron chi connectivity index (χ4n) is 1.88. The van der Waals surface area contributed by atoms with Crippen LogP contribution in [0.5, 0.6) is 0 Å². The average Bonchev–Trinajstić information content (AvgIpc) is 2.27. The predicted octanol–water partition coefficient (Wildman–Crippen LogP) is 0.952. The molecule has 1 aliphatic rings. The summed E-state index contributed by atoms with van der Waals surface area (Å²) < 4.78 is 9.63. The van der Waals surface area contributed by atoms with Crippen LogP contribution in [0.25, 0.3) is 0 Å². The molecule has 0 aliphatic heterocycles. The Hall–Kier alpha value is -1.36. The molecule has 0 saturated carbocycles. The Morgan fingerprint density at radius 2 is 2.12 bits per heavy atom. The van der Waals surface area contributed by atoms with Gasteiger partial charge in [-0.25, -0.2) is 4.79 Å². The highest BCUT2D eigenvalue weighted by Gasteiger charge is 2.37. The Bertz CT molecular complexity index is 323. The Morgan fingerprint density at radius 1 is 1.41 bits per heavy atom. The minimum atomic E-state index is -1.47. The van der Waals surface area contributed by atoms with Crippen LogP contribution in [0.3, 0.4) is 0 Å². The zero-order valence-electron chi connectivity index (χ0n) is 10.1. The molecule has 17 heavy (non-hydrogen) atoms. The molecule has 0 amide bonds. The molecule has 5 heteroatoms. The molecule has 5 nitrogen and oxygen atoms in total. The predicted molar refractivity (Wildman–Crippen MR) is 60.1 cm³/mol. The van der Waals surface area contributed by atoms with E-state index in [2.05, 4.69) is 4.74 Å². The molecule has 1 aliphatic carbocycles. The molecule has 0 aromatic rings. The van der Waals surface area contributed by atoms with Crippen molar-refractivity contribution in [2.45, 2.75) is 44.3 Å². The number of methoxy groups -OCH3 is 1. The molecule has 0 fully saturated rings. The highest BCUT2D eigenvalue weighted by atomic mass is 16.5. The van der Waals surface area contributed by atoms with E-state index in [-0.39, 0.29) is 18.5 Å². The van der Waals surface area contributed by atoms with Crippen molar-refractivity contribution in [2.75, 3.05) is 7.11 Å². The van der Waals surface area contributed by atoms with Crippen LogP contribution >= 0.6 is 0 Å². The average molecular weight is 242 g/mol. The lowest BCUT2D eigenvalue weighted by Crippen LogP contribution is -2.41. The highest BCUT2D eigenvalue weighted by molar-refractivity contribution is 5.79. The number of carbonyl (C=O) groups excluding carboxylic acids is 2. The molecule has 0 spiro atoms. The van der Waals surface area contributed by atoms with Gasteiger partial charge in [0.25, 0.3) is 0 Å². The standard InChI is InChI=1S/C12H18O5/c1-9(13)17-10-5-3-4-7-12(15,8-6-10)11(14)16-2/h3,5,10,15H,4,6-8H2,1-2H3/b5-3-/t10-,12-/m0/s1. The SMILES string of the molecule is COC(=O)[C@]1(O)CC/C=C\[C@H](OC(C)=O)CC1. The van der Waals surface area contributed by atoms with Crippen LogP contribution in [0.2, 0.25) is 0 Å². The van der Waals surface area contributed by atoms with Crippen molar-refractivity contribution in [3.05, 3.63) is 12.2 Å². The highest BCUT2D eigenvalue weighted by Crippen LogP contribution is 2.25. The first-order valence-corrected chi connectivity index (χ1v) is 5.62. The van der Waals surface area contributed by atoms with Crippen molar-refractivity contribution in [3.8, 4) is 0 Å². The van der Waals surface area contributed by atoms with Crippen LogP contribution in [0, 0.1) is 0 Å². The van der Waals surface area contributed by atoms with Crippen molar-refractivity contribution < 1.29 is 24.2 Å². The summed E-state index contributed by atoms with van der Waals surface area (Å²) in [5, 5.41) is 10.1. The van der Waals surface area contributed by atoms with Crippen molar-refractivity contribution in [3.63, 3.8) is 0 Å². The Labute approximate surface area is 100 Å². The molecule has 0 radical (unpaired) electrons. The van der Waals surface area contributed by atoms with Crippen molar-refractivity contribution in [2.24, 2.45) is 0 Å². The molecular formula is C12H18O5. The molecule has 1 rings (SSSR count). The van der Waals surface area contributed by atoms with Gasteiger partial charge < -0.3 is 14.6 Å². The maximum absolute atomic E-state index is 11.5. The third kappa shape index (κ3) is 3.85. The lowest BCUT2D eigenvalue weighted by atomic mass is 9.88. The van der Waals surface area contributed by atoms with Crippen molar-refractivity contribution >= 4 is 11.9 Å². The number of carbonyl (C=O) groups is 2. The van der Waals surface area contributed by atoms with E-state index in [4.69, 9.17) is 4.74 Å². The van der Waals surface area contributed by atoms with E-state index in [1.165, 1.54) is 14.0 Å². The number of esters is 2. The molecule has 0 saturated heterocycles. The van der Waals surface area contributed by atoms with E-state index in [1.807, 2.05) is 0 Å². The van der Waals surface area contributed by atoms with E-state index in [0.29, 0.717) is 19.3 Å². The number of aliphatic hydroxyl groups is 1. The summed E-state index contributed by atoms with van der Waals surface area (Å²) in [7, 11) is 1.25. The molecule has 0 heterocycles. The van der Waals surface area contributed by atoms with Crippen LogP contribution in [0.4, 0.5) is 0 Å². The van der Waals surface area contributed by atoms with Crippen LogP contribution in [-0.4, -0.2) is 35.9 Å². The third-order valence-electron chi connectivity index (χ3n) is 2.80. The van der Waals surface area contributed by atoms with E-state index in [1.54, 1.807) is 12.2 Å². The zero-order chi connectivity index (χ0) is 12.9. The van der Waals surface area contributed by atoms with Gasteiger partial charge in [-0.05, 0) is 31.8 Å². The topological polar surface area (TPSA) is 72.8 Å². The molecule has 96 valence electrons. The number of rotatable bonds is 2. The summed E-state index contributed by atoms with van der Waals surface area (Å²) in [6, 6.07) is 0. The van der Waals surface area contributed by atoms with Gasteiger partial charge in [0.05, 0.1) is 7.11 Å². The maximum Gasteiger partial charge on any atom is 0.337 e. The van der Waals surface area contributed by atoms with Gasteiger partial charge in [0.15, 0.2) is 5.60 Å². The first-order chi connectivity index (χ1) is 7.98. The first kappa shape index (κ1) is 13.7. The third-order valence-corrected chi connectivity index (χ3v) is 2.80. The maximum atomic E-state index is 11.5. The minimum absolute atomic E-state index is 0.224. The molecule has 1 N–H and O–H groups in total. The number of allylic oxidation sites excluding steroid dienone is 1. The molecule has 0 aromatic heterocycles. The van der Waals surface area contributed by atoms with Crippen molar-refractivity contribution in [1.82, 2.24) is 0 Å². The van der Waals surface area contributed by atoms with Crippen LogP contribution in [-0.2, 0) is 19.1 Å². The molecule has 0 bridgehead atoms. The van der Waals surface area contributed by atoms with Crippen molar-refractivity contribution in [1.29, 1.82) is 0 Å². The fraction of sp³-hybridized carbons (Fsp3) is 0.667. The van der Waals surface area contributed by atoms with Gasteiger partial charge in [0, 0.05) is 6.92 Å². The monoisotopic (exact) mass is 242 g/mol. The zero-order valence-corrected chi connectivity index (χ0v) is 10.1. The van der Waals surface area contributed by atoms with Gasteiger partial charge in [-0.1, -0.05) is 6.08 Å². The van der Waals surface area contributed by atoms with Crippen LogP contribution < -0.4 is 0 Å². The second kappa shape index (κ2) is 5.82. The van der Waals surface area contributed by atoms with Crippen LogP contribution in [0.15, 0.2) is 12.2 Å². The summed E-state index contributed by atoms with van der Waals surface area (Å²) in [5.41, 5.74) is -1.47. The summed E-state index contributed by atoms with van der Waals surface area (Å²) in [6.07, 6.45) is 4.71. The summed E-state index contributed by atoms with van der Waals surface area (Å²) >= 11 is 0. The van der Waals surface area contributed by atoms with Gasteiger partial charge in [0.1, 0.15) is 6.10 Å². The molecule has 0 aromatic carbocycles. The lowest BCUT2D eigenvalue weighted by molar-refractivity contribution is -0.164. The normalized spacial score (nSPS) is 30.9. The number of hydrogen-bond acceptors (Lipinski definition) is 5. The Morgan fingerprint density at radius 3 is 2.71 bits per heavy atom. The summed E-state index contributed by atoms with van der Waals surface area (Å²) in [4.78, 5) is 22.3. The van der Waals surface area contributed by atoms with E-state index >= 15 is 0 Å². The second-order valence-corrected chi connectivity index (χ2v) is 4.18. The van der Waals surface area contributed by atoms with Crippen LogP contribution in [0.1, 0.15) is 32.6 Å². The molecular weight excluding hydrogens is 224 g/mol. The first-order valence-electron chi connectivity index (χ1n) is 5.62. The van der Waals surface area contributed by atoms with E-state index in [9.17, 15) is 14.7 Å². The Kier molecular flexibility index (Phi) is 4.69. The molecule has 2 atom stereocenters. The largest absolute Gasteiger partial charge is 0.467 e. The Balaban J connectivity index is 2.69. The minimum Gasteiger partial charge on any atom is -0.467 e. The van der Waals surface area contributed by atoms with Gasteiger partial charge >= 0.3 is 11.9 Å².